The van der Waals surface area contributed by atoms with Crippen molar-refractivity contribution in [2.45, 2.75) is 6.04 Å². The van der Waals surface area contributed by atoms with Crippen molar-refractivity contribution in [2.24, 2.45) is 0 Å². The zero-order valence-corrected chi connectivity index (χ0v) is 13.4. The molecule has 0 saturated carbocycles. The first-order chi connectivity index (χ1) is 10.5. The summed E-state index contributed by atoms with van der Waals surface area (Å²) < 4.78 is 5.44. The highest BCUT2D eigenvalue weighted by Crippen LogP contribution is 2.18. The van der Waals surface area contributed by atoms with Crippen LogP contribution in [0.15, 0.2) is 41.1 Å². The molecule has 2 rings (SSSR count). The van der Waals surface area contributed by atoms with Crippen LogP contribution in [-0.2, 0) is 0 Å². The number of likely N-dealkylation sites (N-methyl/N-ethyl adjacent to an activating group) is 1. The Morgan fingerprint density at radius 2 is 2.09 bits per heavy atom. The lowest BCUT2D eigenvalue weighted by atomic mass is 10.2. The summed E-state index contributed by atoms with van der Waals surface area (Å²) in [7, 11) is 7.69. The minimum Gasteiger partial charge on any atom is -0.468 e. The molecule has 0 radical (unpaired) electrons. The maximum Gasteiger partial charge on any atom is 0.251 e. The molecule has 0 aliphatic rings. The second-order valence-corrected chi connectivity index (χ2v) is 5.50. The molecule has 118 valence electrons. The Kier molecular flexibility index (Phi) is 5.16. The van der Waals surface area contributed by atoms with E-state index in [0.717, 1.165) is 11.6 Å². The predicted molar refractivity (Wildman–Crippen MR) is 86.0 cm³/mol. The molecule has 6 nitrogen and oxygen atoms in total. The number of hydrogen-bond donors (Lipinski definition) is 1. The largest absolute Gasteiger partial charge is 0.468 e. The van der Waals surface area contributed by atoms with Crippen LogP contribution >= 0.6 is 0 Å². The second-order valence-electron chi connectivity index (χ2n) is 5.50. The summed E-state index contributed by atoms with van der Waals surface area (Å²) in [4.78, 5) is 20.4. The first kappa shape index (κ1) is 16.0. The van der Waals surface area contributed by atoms with Gasteiger partial charge in [-0.2, -0.15) is 0 Å². The summed E-state index contributed by atoms with van der Waals surface area (Å²) in [6.07, 6.45) is 3.28. The van der Waals surface area contributed by atoms with Gasteiger partial charge in [0.05, 0.1) is 12.3 Å². The molecule has 1 unspecified atom stereocenters. The smallest absolute Gasteiger partial charge is 0.251 e. The molecule has 2 heterocycles. The van der Waals surface area contributed by atoms with Gasteiger partial charge in [0.1, 0.15) is 11.6 Å². The number of aromatic nitrogens is 1. The lowest BCUT2D eigenvalue weighted by molar-refractivity contribution is 0.0939. The zero-order valence-electron chi connectivity index (χ0n) is 13.4. The number of anilines is 1. The van der Waals surface area contributed by atoms with E-state index in [9.17, 15) is 4.79 Å². The Morgan fingerprint density at radius 1 is 1.32 bits per heavy atom. The highest BCUT2D eigenvalue weighted by Gasteiger charge is 2.18. The Bertz CT molecular complexity index is 608. The maximum absolute atomic E-state index is 12.3. The molecule has 22 heavy (non-hydrogen) atoms. The van der Waals surface area contributed by atoms with Crippen LogP contribution in [0.25, 0.3) is 0 Å². The van der Waals surface area contributed by atoms with Crippen LogP contribution in [0.5, 0.6) is 0 Å². The maximum atomic E-state index is 12.3. The molecule has 1 atom stereocenters. The molecule has 0 spiro atoms. The Morgan fingerprint density at radius 3 is 2.68 bits per heavy atom. The molecule has 0 aliphatic carbocycles. The summed E-state index contributed by atoms with van der Waals surface area (Å²) >= 11 is 0. The summed E-state index contributed by atoms with van der Waals surface area (Å²) in [6.45, 7) is 0.471. The molecule has 1 amide bonds. The van der Waals surface area contributed by atoms with Crippen molar-refractivity contribution in [2.75, 3.05) is 39.6 Å². The number of pyridine rings is 1. The second kappa shape index (κ2) is 7.09. The van der Waals surface area contributed by atoms with Gasteiger partial charge in [0.15, 0.2) is 0 Å². The van der Waals surface area contributed by atoms with Crippen molar-refractivity contribution in [1.29, 1.82) is 0 Å². The minimum atomic E-state index is -0.121. The van der Waals surface area contributed by atoms with Gasteiger partial charge < -0.3 is 14.6 Å². The van der Waals surface area contributed by atoms with Gasteiger partial charge in [-0.1, -0.05) is 0 Å². The Balaban J connectivity index is 2.04. The van der Waals surface area contributed by atoms with E-state index in [-0.39, 0.29) is 11.9 Å². The Labute approximate surface area is 130 Å². The van der Waals surface area contributed by atoms with Crippen molar-refractivity contribution in [1.82, 2.24) is 15.2 Å². The highest BCUT2D eigenvalue weighted by atomic mass is 16.3. The number of nitrogens with one attached hydrogen (secondary N) is 1. The first-order valence-electron chi connectivity index (χ1n) is 7.10. The third kappa shape index (κ3) is 3.85. The van der Waals surface area contributed by atoms with Gasteiger partial charge in [-0.05, 0) is 38.4 Å². The van der Waals surface area contributed by atoms with Crippen molar-refractivity contribution >= 4 is 11.7 Å². The predicted octanol–water partition coefficient (Wildman–Crippen LogP) is 1.77. The third-order valence-electron chi connectivity index (χ3n) is 3.42. The van der Waals surface area contributed by atoms with Crippen molar-refractivity contribution in [3.63, 3.8) is 0 Å². The summed E-state index contributed by atoms with van der Waals surface area (Å²) in [5.74, 6) is 1.46. The molecule has 1 N–H and O–H groups in total. The molecular formula is C16H22N4O2. The molecule has 2 aromatic heterocycles. The molecule has 0 fully saturated rings. The van der Waals surface area contributed by atoms with Crippen LogP contribution in [0.3, 0.4) is 0 Å². The van der Waals surface area contributed by atoms with E-state index in [1.807, 2.05) is 50.1 Å². The lowest BCUT2D eigenvalue weighted by Gasteiger charge is -2.22. The quantitative estimate of drug-likeness (QED) is 0.881. The number of nitrogens with zero attached hydrogens (tertiary/aromatic N) is 3. The average molecular weight is 302 g/mol. The number of carbonyl (C=O) groups excluding carboxylic acids is 1. The molecule has 0 bridgehead atoms. The van der Waals surface area contributed by atoms with E-state index >= 15 is 0 Å². The van der Waals surface area contributed by atoms with Gasteiger partial charge in [0.2, 0.25) is 0 Å². The van der Waals surface area contributed by atoms with E-state index in [4.69, 9.17) is 4.42 Å². The summed E-state index contributed by atoms with van der Waals surface area (Å²) in [5, 5.41) is 2.95. The van der Waals surface area contributed by atoms with Crippen LogP contribution in [-0.4, -0.2) is 50.5 Å². The fraction of sp³-hybridized carbons (Fsp3) is 0.375. The first-order valence-corrected chi connectivity index (χ1v) is 7.10. The zero-order chi connectivity index (χ0) is 16.1. The minimum absolute atomic E-state index is 0.00546. The monoisotopic (exact) mass is 302 g/mol. The van der Waals surface area contributed by atoms with E-state index in [1.165, 1.54) is 0 Å². The average Bonchev–Trinajstić information content (AvgIpc) is 3.01. The number of furan rings is 1. The lowest BCUT2D eigenvalue weighted by Crippen LogP contribution is -2.34. The van der Waals surface area contributed by atoms with Gasteiger partial charge >= 0.3 is 0 Å². The van der Waals surface area contributed by atoms with Gasteiger partial charge in [-0.15, -0.1) is 0 Å². The number of carbonyl (C=O) groups is 1. The standard InChI is InChI=1S/C16H22N4O2/c1-19(2)13(14-6-5-9-22-14)11-18-16(21)12-7-8-17-15(10-12)20(3)4/h5-10,13H,11H2,1-4H3,(H,18,21). The number of rotatable bonds is 6. The molecule has 2 aromatic rings. The molecule has 0 saturated heterocycles. The highest BCUT2D eigenvalue weighted by molar-refractivity contribution is 5.94. The fourth-order valence-corrected chi connectivity index (χ4v) is 2.11. The topological polar surface area (TPSA) is 61.6 Å². The van der Waals surface area contributed by atoms with Gasteiger partial charge in [-0.3, -0.25) is 9.69 Å². The van der Waals surface area contributed by atoms with Crippen LogP contribution in [0, 0.1) is 0 Å². The Hall–Kier alpha value is -2.34. The van der Waals surface area contributed by atoms with Gasteiger partial charge in [-0.25, -0.2) is 4.98 Å². The van der Waals surface area contributed by atoms with Gasteiger partial charge in [0, 0.05) is 32.4 Å². The van der Waals surface area contributed by atoms with Crippen LogP contribution in [0.1, 0.15) is 22.2 Å². The van der Waals surface area contributed by atoms with Crippen molar-refractivity contribution < 1.29 is 9.21 Å². The summed E-state index contributed by atoms with van der Waals surface area (Å²) in [6, 6.07) is 7.23. The molecule has 6 heteroatoms. The number of amides is 1. The van der Waals surface area contributed by atoms with Crippen molar-refractivity contribution in [3.8, 4) is 0 Å². The SMILES string of the molecule is CN(C)c1cc(C(=O)NCC(c2ccco2)N(C)C)ccn1. The third-order valence-corrected chi connectivity index (χ3v) is 3.42. The summed E-state index contributed by atoms with van der Waals surface area (Å²) in [5.41, 5.74) is 0.593. The number of hydrogen-bond acceptors (Lipinski definition) is 5. The fourth-order valence-electron chi connectivity index (χ4n) is 2.11. The van der Waals surface area contributed by atoms with Crippen LogP contribution in [0.2, 0.25) is 0 Å². The molecule has 0 aromatic carbocycles. The van der Waals surface area contributed by atoms with Gasteiger partial charge in [0.25, 0.3) is 5.91 Å². The van der Waals surface area contributed by atoms with Crippen molar-refractivity contribution in [3.05, 3.63) is 48.0 Å². The molecular weight excluding hydrogens is 280 g/mol. The van der Waals surface area contributed by atoms with Crippen LogP contribution < -0.4 is 10.2 Å². The normalized spacial score (nSPS) is 12.2. The van der Waals surface area contributed by atoms with E-state index < -0.39 is 0 Å². The molecule has 0 aliphatic heterocycles. The van der Waals surface area contributed by atoms with E-state index in [0.29, 0.717) is 12.1 Å². The van der Waals surface area contributed by atoms with E-state index in [1.54, 1.807) is 24.6 Å². The van der Waals surface area contributed by atoms with E-state index in [2.05, 4.69) is 10.3 Å². The van der Waals surface area contributed by atoms with Crippen LogP contribution in [0.4, 0.5) is 5.82 Å².